The lowest BCUT2D eigenvalue weighted by Crippen LogP contribution is -2.51. The summed E-state index contributed by atoms with van der Waals surface area (Å²) in [6.07, 6.45) is 11.4. The molecule has 4 aliphatic heterocycles. The Morgan fingerprint density at radius 1 is 0.889 bits per heavy atom. The lowest BCUT2D eigenvalue weighted by atomic mass is 9.72. The number of hydrogen-bond donors (Lipinski definition) is 1. The van der Waals surface area contributed by atoms with Crippen LogP contribution in [0.3, 0.4) is 0 Å². The summed E-state index contributed by atoms with van der Waals surface area (Å²) in [7, 11) is 0. The van der Waals surface area contributed by atoms with E-state index in [1.807, 2.05) is 0 Å². The molecule has 1 spiro atoms. The fraction of sp³-hybridized carbons (Fsp3) is 1.00. The van der Waals surface area contributed by atoms with Crippen molar-refractivity contribution in [1.82, 2.24) is 20.0 Å². The topological polar surface area (TPSA) is 21.8 Å². The van der Waals surface area contributed by atoms with Gasteiger partial charge in [0.05, 0.1) is 0 Å². The molecule has 0 amide bonds. The standard InChI is InChI=1S/C23H44N4/c1-20(2)26-16-6-22(7-17-26)27-14-4-21(5-15-27)18-25-13-3-8-23(19-25)9-11-24-12-10-23/h20-22,24H,3-19H2,1-2H3. The summed E-state index contributed by atoms with van der Waals surface area (Å²) in [5, 5.41) is 3.57. The maximum atomic E-state index is 3.57. The van der Waals surface area contributed by atoms with E-state index >= 15 is 0 Å². The first-order valence-corrected chi connectivity index (χ1v) is 12.0. The molecule has 4 heterocycles. The third-order valence-corrected chi connectivity index (χ3v) is 8.32. The predicted molar refractivity (Wildman–Crippen MR) is 114 cm³/mol. The molecule has 0 aromatic heterocycles. The zero-order chi connectivity index (χ0) is 18.7. The lowest BCUT2D eigenvalue weighted by molar-refractivity contribution is 0.0299. The van der Waals surface area contributed by atoms with Crippen molar-refractivity contribution in [2.75, 3.05) is 58.9 Å². The van der Waals surface area contributed by atoms with Crippen LogP contribution in [-0.4, -0.2) is 85.7 Å². The van der Waals surface area contributed by atoms with Crippen molar-refractivity contribution < 1.29 is 0 Å². The van der Waals surface area contributed by atoms with Crippen molar-refractivity contribution in [3.8, 4) is 0 Å². The monoisotopic (exact) mass is 376 g/mol. The number of nitrogens with one attached hydrogen (secondary N) is 1. The van der Waals surface area contributed by atoms with Crippen molar-refractivity contribution >= 4 is 0 Å². The van der Waals surface area contributed by atoms with E-state index in [2.05, 4.69) is 33.9 Å². The first kappa shape index (κ1) is 20.1. The average molecular weight is 377 g/mol. The maximum Gasteiger partial charge on any atom is 0.0120 e. The Bertz CT molecular complexity index is 438. The van der Waals surface area contributed by atoms with Gasteiger partial charge in [0.25, 0.3) is 0 Å². The second kappa shape index (κ2) is 9.11. The largest absolute Gasteiger partial charge is 0.317 e. The van der Waals surface area contributed by atoms with Crippen LogP contribution in [-0.2, 0) is 0 Å². The highest BCUT2D eigenvalue weighted by Crippen LogP contribution is 2.38. The molecule has 0 bridgehead atoms. The van der Waals surface area contributed by atoms with Crippen molar-refractivity contribution in [2.24, 2.45) is 11.3 Å². The second-order valence-electron chi connectivity index (χ2n) is 10.4. The van der Waals surface area contributed by atoms with Crippen molar-refractivity contribution in [1.29, 1.82) is 0 Å². The molecule has 4 aliphatic rings. The van der Waals surface area contributed by atoms with E-state index in [0.29, 0.717) is 5.41 Å². The van der Waals surface area contributed by atoms with Crippen LogP contribution in [0, 0.1) is 11.3 Å². The summed E-state index contributed by atoms with van der Waals surface area (Å²) in [5.41, 5.74) is 0.661. The molecule has 27 heavy (non-hydrogen) atoms. The molecule has 4 fully saturated rings. The summed E-state index contributed by atoms with van der Waals surface area (Å²) >= 11 is 0. The highest BCUT2D eigenvalue weighted by atomic mass is 15.2. The molecular weight excluding hydrogens is 332 g/mol. The van der Waals surface area contributed by atoms with E-state index in [4.69, 9.17) is 0 Å². The molecule has 4 rings (SSSR count). The molecule has 1 N–H and O–H groups in total. The third-order valence-electron chi connectivity index (χ3n) is 8.32. The van der Waals surface area contributed by atoms with E-state index < -0.39 is 0 Å². The Morgan fingerprint density at radius 2 is 1.59 bits per heavy atom. The fourth-order valence-corrected chi connectivity index (χ4v) is 6.46. The number of nitrogens with zero attached hydrogens (tertiary/aromatic N) is 3. The van der Waals surface area contributed by atoms with Crippen LogP contribution in [0.15, 0.2) is 0 Å². The Balaban J connectivity index is 1.20. The third kappa shape index (κ3) is 5.07. The van der Waals surface area contributed by atoms with E-state index in [1.54, 1.807) is 0 Å². The SMILES string of the molecule is CC(C)N1CCC(N2CCC(CN3CCCC4(CCNCC4)C3)CC2)CC1. The van der Waals surface area contributed by atoms with Gasteiger partial charge in [0.15, 0.2) is 0 Å². The number of piperidine rings is 4. The smallest absolute Gasteiger partial charge is 0.0120 e. The lowest BCUT2D eigenvalue weighted by Gasteiger charge is -2.47. The first-order chi connectivity index (χ1) is 13.1. The molecule has 0 aromatic rings. The van der Waals surface area contributed by atoms with Gasteiger partial charge < -0.3 is 20.0 Å². The maximum absolute atomic E-state index is 3.57. The predicted octanol–water partition coefficient (Wildman–Crippen LogP) is 3.04. The summed E-state index contributed by atoms with van der Waals surface area (Å²) in [6, 6.07) is 1.60. The quantitative estimate of drug-likeness (QED) is 0.814. The van der Waals surface area contributed by atoms with Crippen molar-refractivity contribution in [3.05, 3.63) is 0 Å². The molecule has 0 unspecified atom stereocenters. The minimum absolute atomic E-state index is 0.661. The van der Waals surface area contributed by atoms with Crippen LogP contribution < -0.4 is 5.32 Å². The van der Waals surface area contributed by atoms with Gasteiger partial charge in [0, 0.05) is 25.2 Å². The molecule has 0 aliphatic carbocycles. The molecule has 0 saturated carbocycles. The van der Waals surface area contributed by atoms with Gasteiger partial charge in [-0.2, -0.15) is 0 Å². The van der Waals surface area contributed by atoms with Gasteiger partial charge >= 0.3 is 0 Å². The molecule has 156 valence electrons. The van der Waals surface area contributed by atoms with Crippen LogP contribution in [0.4, 0.5) is 0 Å². The van der Waals surface area contributed by atoms with Gasteiger partial charge in [0.2, 0.25) is 0 Å². The van der Waals surface area contributed by atoms with Crippen molar-refractivity contribution in [3.63, 3.8) is 0 Å². The molecule has 0 atom stereocenters. The second-order valence-corrected chi connectivity index (χ2v) is 10.4. The zero-order valence-electron chi connectivity index (χ0n) is 18.1. The van der Waals surface area contributed by atoms with Gasteiger partial charge in [-0.1, -0.05) is 0 Å². The van der Waals surface area contributed by atoms with Gasteiger partial charge in [-0.3, -0.25) is 0 Å². The summed E-state index contributed by atoms with van der Waals surface area (Å²) in [6.45, 7) is 16.7. The first-order valence-electron chi connectivity index (χ1n) is 12.0. The van der Waals surface area contributed by atoms with Gasteiger partial charge in [0.1, 0.15) is 0 Å². The van der Waals surface area contributed by atoms with E-state index in [9.17, 15) is 0 Å². The Kier molecular flexibility index (Phi) is 6.79. The van der Waals surface area contributed by atoms with E-state index in [-0.39, 0.29) is 0 Å². The summed E-state index contributed by atoms with van der Waals surface area (Å²) in [4.78, 5) is 8.37. The zero-order valence-corrected chi connectivity index (χ0v) is 18.1. The molecule has 4 heteroatoms. The van der Waals surface area contributed by atoms with Crippen LogP contribution >= 0.6 is 0 Å². The Hall–Kier alpha value is -0.160. The molecule has 0 aromatic carbocycles. The van der Waals surface area contributed by atoms with Crippen LogP contribution in [0.25, 0.3) is 0 Å². The van der Waals surface area contributed by atoms with Crippen molar-refractivity contribution in [2.45, 2.75) is 77.3 Å². The minimum atomic E-state index is 0.661. The van der Waals surface area contributed by atoms with E-state index in [0.717, 1.165) is 18.0 Å². The minimum Gasteiger partial charge on any atom is -0.317 e. The number of rotatable bonds is 4. The van der Waals surface area contributed by atoms with Gasteiger partial charge in [-0.05, 0) is 122 Å². The van der Waals surface area contributed by atoms with Crippen LogP contribution in [0.1, 0.15) is 65.2 Å². The van der Waals surface area contributed by atoms with Gasteiger partial charge in [-0.15, -0.1) is 0 Å². The van der Waals surface area contributed by atoms with Gasteiger partial charge in [-0.25, -0.2) is 0 Å². The Morgan fingerprint density at radius 3 is 2.26 bits per heavy atom. The highest BCUT2D eigenvalue weighted by molar-refractivity contribution is 4.92. The summed E-state index contributed by atoms with van der Waals surface area (Å²) in [5.74, 6) is 0.953. The van der Waals surface area contributed by atoms with Crippen LogP contribution in [0.5, 0.6) is 0 Å². The number of hydrogen-bond acceptors (Lipinski definition) is 4. The molecule has 4 saturated heterocycles. The Labute approximate surface area is 168 Å². The molecular formula is C23H44N4. The summed E-state index contributed by atoms with van der Waals surface area (Å²) < 4.78 is 0. The number of likely N-dealkylation sites (tertiary alicyclic amines) is 3. The average Bonchev–Trinajstić information content (AvgIpc) is 2.69. The fourth-order valence-electron chi connectivity index (χ4n) is 6.46. The highest BCUT2D eigenvalue weighted by Gasteiger charge is 2.37. The van der Waals surface area contributed by atoms with Crippen LogP contribution in [0.2, 0.25) is 0 Å². The molecule has 0 radical (unpaired) electrons. The normalized spacial score (nSPS) is 30.3. The molecule has 4 nitrogen and oxygen atoms in total. The van der Waals surface area contributed by atoms with E-state index in [1.165, 1.54) is 110 Å².